The molecule has 4 nitrogen and oxygen atoms in total. The van der Waals surface area contributed by atoms with Crippen LogP contribution >= 0.6 is 0 Å². The minimum Gasteiger partial charge on any atom is -0.457 e. The summed E-state index contributed by atoms with van der Waals surface area (Å²) in [7, 11) is 0. The van der Waals surface area contributed by atoms with Crippen molar-refractivity contribution in [2.45, 2.75) is 26.4 Å². The third-order valence-corrected chi connectivity index (χ3v) is 4.36. The van der Waals surface area contributed by atoms with E-state index in [1.54, 1.807) is 0 Å². The van der Waals surface area contributed by atoms with Crippen LogP contribution in [0.3, 0.4) is 0 Å². The lowest BCUT2D eigenvalue weighted by molar-refractivity contribution is 0.0535. The first-order valence-corrected chi connectivity index (χ1v) is 7.53. The van der Waals surface area contributed by atoms with Gasteiger partial charge in [0, 0.05) is 38.3 Å². The number of rotatable bonds is 4. The highest BCUT2D eigenvalue weighted by Crippen LogP contribution is 2.27. The van der Waals surface area contributed by atoms with Gasteiger partial charge in [-0.05, 0) is 30.0 Å². The van der Waals surface area contributed by atoms with Crippen LogP contribution in [0.2, 0.25) is 0 Å². The molecule has 2 heterocycles. The SMILES string of the molecule is CCc1c(CCN2CCNCC2)ccc2c1COC2=O. The molecule has 0 atom stereocenters. The van der Waals surface area contributed by atoms with E-state index < -0.39 is 0 Å². The van der Waals surface area contributed by atoms with Gasteiger partial charge in [-0.25, -0.2) is 4.79 Å². The van der Waals surface area contributed by atoms with Gasteiger partial charge >= 0.3 is 5.97 Å². The lowest BCUT2D eigenvalue weighted by Gasteiger charge is -2.27. The molecule has 0 aromatic heterocycles. The first kappa shape index (κ1) is 13.6. The number of carbonyl (C=O) groups is 1. The van der Waals surface area contributed by atoms with Crippen LogP contribution in [-0.2, 0) is 24.2 Å². The highest BCUT2D eigenvalue weighted by atomic mass is 16.5. The van der Waals surface area contributed by atoms with Gasteiger partial charge in [-0.2, -0.15) is 0 Å². The van der Waals surface area contributed by atoms with E-state index in [4.69, 9.17) is 4.74 Å². The van der Waals surface area contributed by atoms with Crippen LogP contribution in [0.4, 0.5) is 0 Å². The van der Waals surface area contributed by atoms with Crippen LogP contribution in [0.15, 0.2) is 12.1 Å². The molecule has 1 aromatic rings. The topological polar surface area (TPSA) is 41.6 Å². The maximum absolute atomic E-state index is 11.6. The van der Waals surface area contributed by atoms with E-state index in [0.29, 0.717) is 6.61 Å². The van der Waals surface area contributed by atoms with Gasteiger partial charge in [0.15, 0.2) is 0 Å². The number of carbonyl (C=O) groups excluding carboxylic acids is 1. The number of esters is 1. The number of hydrogen-bond acceptors (Lipinski definition) is 4. The highest BCUT2D eigenvalue weighted by Gasteiger charge is 2.24. The maximum atomic E-state index is 11.6. The van der Waals surface area contributed by atoms with Gasteiger partial charge in [-0.3, -0.25) is 0 Å². The molecule has 1 fully saturated rings. The smallest absolute Gasteiger partial charge is 0.338 e. The summed E-state index contributed by atoms with van der Waals surface area (Å²) in [5.74, 6) is -0.164. The lowest BCUT2D eigenvalue weighted by atomic mass is 9.94. The van der Waals surface area contributed by atoms with E-state index in [2.05, 4.69) is 23.2 Å². The molecule has 108 valence electrons. The molecule has 1 aromatic carbocycles. The van der Waals surface area contributed by atoms with Crippen LogP contribution in [0.1, 0.15) is 34.0 Å². The average Bonchev–Trinajstić information content (AvgIpc) is 2.87. The molecule has 0 saturated carbocycles. The predicted molar refractivity (Wildman–Crippen MR) is 78.0 cm³/mol. The Hall–Kier alpha value is -1.39. The van der Waals surface area contributed by atoms with Crippen molar-refractivity contribution >= 4 is 5.97 Å². The van der Waals surface area contributed by atoms with Gasteiger partial charge in [0.25, 0.3) is 0 Å². The molecule has 1 N–H and O–H groups in total. The molecule has 0 spiro atoms. The molecule has 3 rings (SSSR count). The number of benzene rings is 1. The molecule has 0 amide bonds. The van der Waals surface area contributed by atoms with E-state index >= 15 is 0 Å². The van der Waals surface area contributed by atoms with Gasteiger partial charge in [0.05, 0.1) is 5.56 Å². The minimum absolute atomic E-state index is 0.164. The molecule has 0 bridgehead atoms. The average molecular weight is 274 g/mol. The third-order valence-electron chi connectivity index (χ3n) is 4.36. The summed E-state index contributed by atoms with van der Waals surface area (Å²) in [6.45, 7) is 8.16. The number of nitrogens with zero attached hydrogens (tertiary/aromatic N) is 1. The summed E-state index contributed by atoms with van der Waals surface area (Å²) >= 11 is 0. The van der Waals surface area contributed by atoms with Crippen LogP contribution in [0, 0.1) is 0 Å². The minimum atomic E-state index is -0.164. The van der Waals surface area contributed by atoms with Crippen molar-refractivity contribution in [1.82, 2.24) is 10.2 Å². The van der Waals surface area contributed by atoms with Crippen LogP contribution in [0.25, 0.3) is 0 Å². The Balaban J connectivity index is 1.74. The zero-order chi connectivity index (χ0) is 13.9. The molecule has 1 saturated heterocycles. The number of fused-ring (bicyclic) bond motifs is 1. The quantitative estimate of drug-likeness (QED) is 0.842. The second kappa shape index (κ2) is 5.94. The van der Waals surface area contributed by atoms with Gasteiger partial charge in [-0.15, -0.1) is 0 Å². The summed E-state index contributed by atoms with van der Waals surface area (Å²) < 4.78 is 5.16. The van der Waals surface area contributed by atoms with E-state index in [9.17, 15) is 4.79 Å². The number of nitrogens with one attached hydrogen (secondary N) is 1. The second-order valence-corrected chi connectivity index (χ2v) is 5.50. The number of cyclic esters (lactones) is 1. The summed E-state index contributed by atoms with van der Waals surface area (Å²) in [6.07, 6.45) is 2.03. The molecular weight excluding hydrogens is 252 g/mol. The van der Waals surface area contributed by atoms with Crippen molar-refractivity contribution in [2.24, 2.45) is 0 Å². The predicted octanol–water partition coefficient (Wildman–Crippen LogP) is 1.37. The van der Waals surface area contributed by atoms with Crippen molar-refractivity contribution in [3.8, 4) is 0 Å². The zero-order valence-corrected chi connectivity index (χ0v) is 12.1. The van der Waals surface area contributed by atoms with E-state index in [1.807, 2.05) is 6.07 Å². The Morgan fingerprint density at radius 3 is 2.85 bits per heavy atom. The summed E-state index contributed by atoms with van der Waals surface area (Å²) in [5.41, 5.74) is 4.59. The largest absolute Gasteiger partial charge is 0.457 e. The van der Waals surface area contributed by atoms with Crippen molar-refractivity contribution in [3.05, 3.63) is 34.4 Å². The van der Waals surface area contributed by atoms with Gasteiger partial charge < -0.3 is 15.0 Å². The summed E-state index contributed by atoms with van der Waals surface area (Å²) in [5, 5.41) is 3.38. The molecule has 2 aliphatic heterocycles. The first-order valence-electron chi connectivity index (χ1n) is 7.53. The van der Waals surface area contributed by atoms with E-state index in [1.165, 1.54) is 11.1 Å². The molecule has 0 aliphatic carbocycles. The Labute approximate surface area is 120 Å². The van der Waals surface area contributed by atoms with Crippen LogP contribution < -0.4 is 5.32 Å². The Morgan fingerprint density at radius 2 is 2.10 bits per heavy atom. The first-order chi connectivity index (χ1) is 9.79. The van der Waals surface area contributed by atoms with Crippen molar-refractivity contribution in [3.63, 3.8) is 0 Å². The fourth-order valence-corrected chi connectivity index (χ4v) is 3.20. The Bertz CT molecular complexity index is 507. The van der Waals surface area contributed by atoms with E-state index in [-0.39, 0.29) is 5.97 Å². The molecule has 0 radical (unpaired) electrons. The number of ether oxygens (including phenoxy) is 1. The number of hydrogen-bond donors (Lipinski definition) is 1. The summed E-state index contributed by atoms with van der Waals surface area (Å²) in [6, 6.07) is 4.06. The fourth-order valence-electron chi connectivity index (χ4n) is 3.20. The monoisotopic (exact) mass is 274 g/mol. The Kier molecular flexibility index (Phi) is 4.03. The fraction of sp³-hybridized carbons (Fsp3) is 0.562. The standard InChI is InChI=1S/C16H22N2O2/c1-2-13-12(5-8-18-9-6-17-7-10-18)3-4-14-15(13)11-20-16(14)19/h3-4,17H,2,5-11H2,1H3. The highest BCUT2D eigenvalue weighted by molar-refractivity contribution is 5.94. The van der Waals surface area contributed by atoms with Crippen molar-refractivity contribution < 1.29 is 9.53 Å². The molecule has 4 heteroatoms. The lowest BCUT2D eigenvalue weighted by Crippen LogP contribution is -2.44. The Morgan fingerprint density at radius 1 is 1.30 bits per heavy atom. The van der Waals surface area contributed by atoms with Gasteiger partial charge in [0.1, 0.15) is 6.61 Å². The molecule has 20 heavy (non-hydrogen) atoms. The molecule has 2 aliphatic rings. The second-order valence-electron chi connectivity index (χ2n) is 5.50. The molecule has 0 unspecified atom stereocenters. The van der Waals surface area contributed by atoms with Crippen molar-refractivity contribution in [1.29, 1.82) is 0 Å². The van der Waals surface area contributed by atoms with E-state index in [0.717, 1.165) is 56.7 Å². The molecular formula is C16H22N2O2. The number of piperazine rings is 1. The van der Waals surface area contributed by atoms with Crippen LogP contribution in [0.5, 0.6) is 0 Å². The van der Waals surface area contributed by atoms with Gasteiger partial charge in [-0.1, -0.05) is 13.0 Å². The van der Waals surface area contributed by atoms with Crippen LogP contribution in [-0.4, -0.2) is 43.6 Å². The maximum Gasteiger partial charge on any atom is 0.338 e. The third kappa shape index (κ3) is 2.58. The van der Waals surface area contributed by atoms with Crippen molar-refractivity contribution in [2.75, 3.05) is 32.7 Å². The van der Waals surface area contributed by atoms with Gasteiger partial charge in [0.2, 0.25) is 0 Å². The zero-order valence-electron chi connectivity index (χ0n) is 12.1. The summed E-state index contributed by atoms with van der Waals surface area (Å²) in [4.78, 5) is 14.1. The normalized spacial score (nSPS) is 18.9.